The van der Waals surface area contributed by atoms with E-state index in [1.807, 2.05) is 19.9 Å². The highest BCUT2D eigenvalue weighted by molar-refractivity contribution is 5.96. The molecule has 0 N–H and O–H groups in total. The Morgan fingerprint density at radius 2 is 2.33 bits per heavy atom. The van der Waals surface area contributed by atoms with Crippen LogP contribution >= 0.6 is 0 Å². The van der Waals surface area contributed by atoms with E-state index in [-0.39, 0.29) is 17.5 Å². The van der Waals surface area contributed by atoms with Gasteiger partial charge in [-0.2, -0.15) is 0 Å². The Morgan fingerprint density at radius 1 is 1.61 bits per heavy atom. The molecular formula is C15H20O3. The molecule has 0 aliphatic carbocycles. The Bertz CT molecular complexity index is 433. The van der Waals surface area contributed by atoms with Gasteiger partial charge >= 0.3 is 0 Å². The van der Waals surface area contributed by atoms with E-state index in [1.165, 1.54) is 5.57 Å². The lowest BCUT2D eigenvalue weighted by Crippen LogP contribution is -2.28. The molecule has 0 aromatic carbocycles. The van der Waals surface area contributed by atoms with Crippen LogP contribution in [-0.4, -0.2) is 23.6 Å². The number of hydrogen-bond donors (Lipinski definition) is 0. The first kappa shape index (κ1) is 13.1. The largest absolute Gasteiger partial charge is 0.484 e. The van der Waals surface area contributed by atoms with Crippen LogP contribution in [0.1, 0.15) is 33.6 Å². The van der Waals surface area contributed by atoms with Crippen LogP contribution in [0, 0.1) is 0 Å². The third-order valence-corrected chi connectivity index (χ3v) is 3.58. The summed E-state index contributed by atoms with van der Waals surface area (Å²) >= 11 is 0. The van der Waals surface area contributed by atoms with Crippen LogP contribution in [0.4, 0.5) is 0 Å². The Kier molecular flexibility index (Phi) is 3.44. The zero-order valence-corrected chi connectivity index (χ0v) is 11.2. The average molecular weight is 248 g/mol. The number of carbonyl (C=O) groups is 1. The fourth-order valence-electron chi connectivity index (χ4n) is 2.29. The first-order valence-corrected chi connectivity index (χ1v) is 6.32. The van der Waals surface area contributed by atoms with Crippen molar-refractivity contribution in [3.8, 4) is 0 Å². The molecule has 3 heteroatoms. The van der Waals surface area contributed by atoms with Crippen molar-refractivity contribution in [3.63, 3.8) is 0 Å². The number of epoxide rings is 1. The molecule has 18 heavy (non-hydrogen) atoms. The molecule has 1 fully saturated rings. The van der Waals surface area contributed by atoms with Gasteiger partial charge in [0, 0.05) is 6.08 Å². The van der Waals surface area contributed by atoms with Crippen LogP contribution in [0.2, 0.25) is 0 Å². The molecule has 0 aromatic heterocycles. The maximum Gasteiger partial charge on any atom is 0.202 e. The van der Waals surface area contributed by atoms with Crippen LogP contribution in [0.5, 0.6) is 0 Å². The minimum Gasteiger partial charge on any atom is -0.484 e. The molecule has 0 aromatic rings. The molecule has 3 nitrogen and oxygen atoms in total. The Morgan fingerprint density at radius 3 is 2.89 bits per heavy atom. The van der Waals surface area contributed by atoms with E-state index in [1.54, 1.807) is 13.0 Å². The van der Waals surface area contributed by atoms with Gasteiger partial charge in [0.15, 0.2) is 6.10 Å². The summed E-state index contributed by atoms with van der Waals surface area (Å²) < 4.78 is 11.2. The van der Waals surface area contributed by atoms with Gasteiger partial charge in [-0.15, -0.1) is 0 Å². The first-order chi connectivity index (χ1) is 8.46. The second kappa shape index (κ2) is 4.73. The number of rotatable bonds is 5. The summed E-state index contributed by atoms with van der Waals surface area (Å²) in [5.41, 5.74) is 0.943. The van der Waals surface area contributed by atoms with Gasteiger partial charge < -0.3 is 9.47 Å². The highest BCUT2D eigenvalue weighted by atomic mass is 16.6. The normalized spacial score (nSPS) is 35.2. The van der Waals surface area contributed by atoms with Crippen LogP contribution in [0.25, 0.3) is 0 Å². The van der Waals surface area contributed by atoms with Gasteiger partial charge in [-0.3, -0.25) is 4.79 Å². The maximum atomic E-state index is 11.7. The maximum absolute atomic E-state index is 11.7. The van der Waals surface area contributed by atoms with Gasteiger partial charge in [-0.25, -0.2) is 0 Å². The lowest BCUT2D eigenvalue weighted by molar-refractivity contribution is -0.121. The van der Waals surface area contributed by atoms with E-state index in [9.17, 15) is 4.79 Å². The molecule has 2 aliphatic heterocycles. The molecule has 2 rings (SSSR count). The van der Waals surface area contributed by atoms with E-state index in [4.69, 9.17) is 9.47 Å². The summed E-state index contributed by atoms with van der Waals surface area (Å²) in [5.74, 6) is 0.712. The fourth-order valence-corrected chi connectivity index (χ4v) is 2.29. The molecule has 3 atom stereocenters. The molecule has 3 unspecified atom stereocenters. The Labute approximate surface area is 108 Å². The summed E-state index contributed by atoms with van der Waals surface area (Å²) in [6, 6.07) is 0. The molecular weight excluding hydrogens is 228 g/mol. The summed E-state index contributed by atoms with van der Waals surface area (Å²) in [6.45, 7) is 9.58. The van der Waals surface area contributed by atoms with Crippen molar-refractivity contribution in [2.24, 2.45) is 0 Å². The van der Waals surface area contributed by atoms with Gasteiger partial charge in [-0.05, 0) is 33.6 Å². The SMILES string of the molecule is C=CC(C)=CCCC1(C)OC1C1OC(C)=CC1=O. The average Bonchev–Trinajstić information content (AvgIpc) is 2.85. The molecule has 0 radical (unpaired) electrons. The zero-order valence-electron chi connectivity index (χ0n) is 11.2. The molecule has 2 aliphatic rings. The van der Waals surface area contributed by atoms with E-state index >= 15 is 0 Å². The van der Waals surface area contributed by atoms with Crippen molar-refractivity contribution in [3.05, 3.63) is 36.1 Å². The minimum absolute atomic E-state index is 0.0269. The topological polar surface area (TPSA) is 38.8 Å². The van der Waals surface area contributed by atoms with Crippen LogP contribution in [-0.2, 0) is 14.3 Å². The molecule has 1 saturated heterocycles. The smallest absolute Gasteiger partial charge is 0.202 e. The van der Waals surface area contributed by atoms with Gasteiger partial charge in [0.2, 0.25) is 5.78 Å². The van der Waals surface area contributed by atoms with E-state index in [0.29, 0.717) is 5.76 Å². The monoisotopic (exact) mass is 248 g/mol. The number of ether oxygens (including phenoxy) is 2. The molecule has 0 amide bonds. The third kappa shape index (κ3) is 2.56. The quantitative estimate of drug-likeness (QED) is 0.554. The van der Waals surface area contributed by atoms with Crippen molar-refractivity contribution in [2.75, 3.05) is 0 Å². The second-order valence-electron chi connectivity index (χ2n) is 5.24. The summed E-state index contributed by atoms with van der Waals surface area (Å²) in [5, 5.41) is 0. The molecule has 0 spiro atoms. The number of allylic oxidation sites excluding steroid dienone is 4. The van der Waals surface area contributed by atoms with Crippen molar-refractivity contribution in [2.45, 2.75) is 51.4 Å². The predicted octanol–water partition coefficient (Wildman–Crippen LogP) is 2.93. The lowest BCUT2D eigenvalue weighted by atomic mass is 9.96. The van der Waals surface area contributed by atoms with Gasteiger partial charge in [0.25, 0.3) is 0 Å². The number of ketones is 1. The molecule has 0 saturated carbocycles. The van der Waals surface area contributed by atoms with Gasteiger partial charge in [0.05, 0.1) is 11.4 Å². The van der Waals surface area contributed by atoms with Crippen molar-refractivity contribution >= 4 is 5.78 Å². The molecule has 0 bridgehead atoms. The number of carbonyl (C=O) groups excluding carboxylic acids is 1. The van der Waals surface area contributed by atoms with E-state index in [2.05, 4.69) is 12.7 Å². The number of hydrogen-bond acceptors (Lipinski definition) is 3. The predicted molar refractivity (Wildman–Crippen MR) is 70.1 cm³/mol. The summed E-state index contributed by atoms with van der Waals surface area (Å²) in [4.78, 5) is 11.7. The molecule has 2 heterocycles. The standard InChI is InChI=1S/C15H20O3/c1-5-10(2)7-6-8-15(4)14(18-15)13-12(16)9-11(3)17-13/h5,7,9,13-14H,1,6,8H2,2-4H3. The lowest BCUT2D eigenvalue weighted by Gasteiger charge is -2.10. The van der Waals surface area contributed by atoms with E-state index in [0.717, 1.165) is 12.8 Å². The summed E-state index contributed by atoms with van der Waals surface area (Å²) in [7, 11) is 0. The second-order valence-corrected chi connectivity index (χ2v) is 5.24. The minimum atomic E-state index is -0.431. The Hall–Kier alpha value is -1.35. The van der Waals surface area contributed by atoms with Crippen LogP contribution in [0.15, 0.2) is 36.1 Å². The van der Waals surface area contributed by atoms with E-state index < -0.39 is 6.10 Å². The Balaban J connectivity index is 1.86. The first-order valence-electron chi connectivity index (χ1n) is 6.32. The fraction of sp³-hybridized carbons (Fsp3) is 0.533. The summed E-state index contributed by atoms with van der Waals surface area (Å²) in [6.07, 6.45) is 6.82. The highest BCUT2D eigenvalue weighted by Crippen LogP contribution is 2.45. The van der Waals surface area contributed by atoms with Crippen molar-refractivity contribution in [1.29, 1.82) is 0 Å². The van der Waals surface area contributed by atoms with Gasteiger partial charge in [-0.1, -0.05) is 24.3 Å². The van der Waals surface area contributed by atoms with Crippen LogP contribution in [0.3, 0.4) is 0 Å². The van der Waals surface area contributed by atoms with Crippen LogP contribution < -0.4 is 0 Å². The van der Waals surface area contributed by atoms with Crippen molar-refractivity contribution < 1.29 is 14.3 Å². The van der Waals surface area contributed by atoms with Crippen molar-refractivity contribution in [1.82, 2.24) is 0 Å². The van der Waals surface area contributed by atoms with Gasteiger partial charge in [0.1, 0.15) is 6.10 Å². The molecule has 98 valence electrons. The third-order valence-electron chi connectivity index (χ3n) is 3.58. The zero-order chi connectivity index (χ0) is 13.3. The highest BCUT2D eigenvalue weighted by Gasteiger charge is 2.59.